The van der Waals surface area contributed by atoms with Crippen molar-refractivity contribution in [3.05, 3.63) is 96.6 Å². The van der Waals surface area contributed by atoms with Crippen LogP contribution in [0.25, 0.3) is 27.8 Å². The number of pyridine rings is 1. The van der Waals surface area contributed by atoms with Crippen molar-refractivity contribution in [2.75, 3.05) is 5.32 Å². The molecule has 7 nitrogen and oxygen atoms in total. The Hall–Kier alpha value is -4.46. The minimum absolute atomic E-state index is 0.282. The first kappa shape index (κ1) is 18.6. The van der Waals surface area contributed by atoms with Crippen molar-refractivity contribution in [1.29, 1.82) is 0 Å². The van der Waals surface area contributed by atoms with Gasteiger partial charge in [0, 0.05) is 16.6 Å². The van der Waals surface area contributed by atoms with E-state index in [9.17, 15) is 9.18 Å². The van der Waals surface area contributed by atoms with Crippen LogP contribution in [0.15, 0.2) is 85.2 Å². The number of aromatic nitrogens is 5. The molecule has 0 radical (unpaired) electrons. The molecule has 0 saturated carbocycles. The summed E-state index contributed by atoms with van der Waals surface area (Å²) in [4.78, 5) is 17.9. The number of nitrogens with zero attached hydrogens (tertiary/aromatic N) is 5. The van der Waals surface area contributed by atoms with Gasteiger partial charge in [-0.2, -0.15) is 0 Å². The fourth-order valence-corrected chi connectivity index (χ4v) is 3.34. The second-order valence-corrected chi connectivity index (χ2v) is 6.84. The number of tetrazole rings is 1. The van der Waals surface area contributed by atoms with Crippen LogP contribution in [0.1, 0.15) is 10.4 Å². The van der Waals surface area contributed by atoms with Crippen LogP contribution in [-0.4, -0.2) is 31.1 Å². The summed E-state index contributed by atoms with van der Waals surface area (Å²) in [5.41, 5.74) is 3.78. The van der Waals surface area contributed by atoms with Crippen molar-refractivity contribution >= 4 is 22.5 Å². The Bertz CT molecular complexity index is 1380. The Morgan fingerprint density at radius 2 is 1.77 bits per heavy atom. The first-order valence-electron chi connectivity index (χ1n) is 9.48. The Kier molecular flexibility index (Phi) is 4.64. The van der Waals surface area contributed by atoms with Crippen LogP contribution < -0.4 is 5.32 Å². The maximum Gasteiger partial charge on any atom is 0.256 e. The highest BCUT2D eigenvalue weighted by Crippen LogP contribution is 2.26. The molecule has 1 amide bonds. The van der Waals surface area contributed by atoms with Gasteiger partial charge in [0.15, 0.2) is 0 Å². The van der Waals surface area contributed by atoms with E-state index in [2.05, 4.69) is 25.8 Å². The number of halogens is 1. The first-order chi connectivity index (χ1) is 15.2. The Balaban J connectivity index is 1.54. The summed E-state index contributed by atoms with van der Waals surface area (Å²) in [6.45, 7) is 0. The number of hydrogen-bond donors (Lipinski definition) is 1. The van der Waals surface area contributed by atoms with E-state index < -0.39 is 0 Å². The third-order valence-electron chi connectivity index (χ3n) is 4.82. The SMILES string of the molecule is O=C(Nc1cccc(-n2cnnn2)c1)c1cc(-c2ccc(F)cc2)nc2ccccc12. The minimum atomic E-state index is -0.329. The quantitative estimate of drug-likeness (QED) is 0.478. The van der Waals surface area contributed by atoms with E-state index in [1.54, 1.807) is 36.4 Å². The largest absolute Gasteiger partial charge is 0.322 e. The molecule has 0 fully saturated rings. The molecule has 0 aliphatic carbocycles. The van der Waals surface area contributed by atoms with Crippen molar-refractivity contribution in [1.82, 2.24) is 25.2 Å². The number of para-hydroxylation sites is 1. The van der Waals surface area contributed by atoms with E-state index in [-0.39, 0.29) is 11.7 Å². The number of nitrogens with one attached hydrogen (secondary N) is 1. The number of carbonyl (C=O) groups excluding carboxylic acids is 1. The highest BCUT2D eigenvalue weighted by Gasteiger charge is 2.15. The van der Waals surface area contributed by atoms with Crippen LogP contribution in [0, 0.1) is 5.82 Å². The van der Waals surface area contributed by atoms with E-state index in [0.29, 0.717) is 22.5 Å². The molecule has 0 aliphatic heterocycles. The third kappa shape index (κ3) is 3.74. The monoisotopic (exact) mass is 410 g/mol. The number of carbonyl (C=O) groups is 1. The molecule has 0 bridgehead atoms. The lowest BCUT2D eigenvalue weighted by Gasteiger charge is -2.11. The van der Waals surface area contributed by atoms with Gasteiger partial charge in [0.2, 0.25) is 0 Å². The maximum absolute atomic E-state index is 13.3. The van der Waals surface area contributed by atoms with Gasteiger partial charge in [-0.3, -0.25) is 4.79 Å². The van der Waals surface area contributed by atoms with Gasteiger partial charge in [-0.05, 0) is 65.0 Å². The zero-order valence-electron chi connectivity index (χ0n) is 16.1. The van der Waals surface area contributed by atoms with Gasteiger partial charge in [-0.15, -0.1) is 5.10 Å². The Morgan fingerprint density at radius 3 is 2.58 bits per heavy atom. The minimum Gasteiger partial charge on any atom is -0.322 e. The second-order valence-electron chi connectivity index (χ2n) is 6.84. The summed E-state index contributed by atoms with van der Waals surface area (Å²) < 4.78 is 14.8. The van der Waals surface area contributed by atoms with Gasteiger partial charge in [0.1, 0.15) is 12.1 Å². The lowest BCUT2D eigenvalue weighted by atomic mass is 10.0. The molecular formula is C23H15FN6O. The topological polar surface area (TPSA) is 85.6 Å². The number of amides is 1. The average Bonchev–Trinajstić information content (AvgIpc) is 3.34. The van der Waals surface area contributed by atoms with Gasteiger partial charge in [0.25, 0.3) is 5.91 Å². The average molecular weight is 410 g/mol. The standard InChI is InChI=1S/C23H15FN6O/c24-16-10-8-15(9-11-16)22-13-20(19-6-1-2-7-21(19)27-22)23(31)26-17-4-3-5-18(12-17)30-14-25-28-29-30/h1-14H,(H,26,31). The molecule has 1 N–H and O–H groups in total. The van der Waals surface area contributed by atoms with E-state index >= 15 is 0 Å². The molecule has 0 aliphatic rings. The van der Waals surface area contributed by atoms with Crippen LogP contribution in [0.2, 0.25) is 0 Å². The van der Waals surface area contributed by atoms with Crippen molar-refractivity contribution in [3.63, 3.8) is 0 Å². The summed E-state index contributed by atoms with van der Waals surface area (Å²) >= 11 is 0. The number of hydrogen-bond acceptors (Lipinski definition) is 5. The van der Waals surface area contributed by atoms with Gasteiger partial charge in [-0.1, -0.05) is 24.3 Å². The van der Waals surface area contributed by atoms with Crippen molar-refractivity contribution in [2.24, 2.45) is 0 Å². The highest BCUT2D eigenvalue weighted by atomic mass is 19.1. The first-order valence-corrected chi connectivity index (χ1v) is 9.48. The fraction of sp³-hybridized carbons (Fsp3) is 0. The van der Waals surface area contributed by atoms with Gasteiger partial charge in [0.05, 0.1) is 22.5 Å². The molecule has 5 rings (SSSR count). The van der Waals surface area contributed by atoms with Gasteiger partial charge in [-0.25, -0.2) is 14.1 Å². The molecule has 31 heavy (non-hydrogen) atoms. The summed E-state index contributed by atoms with van der Waals surface area (Å²) in [6, 6.07) is 22.4. The van der Waals surface area contributed by atoms with Gasteiger partial charge >= 0.3 is 0 Å². The van der Waals surface area contributed by atoms with Gasteiger partial charge < -0.3 is 5.32 Å². The molecule has 3 aromatic carbocycles. The number of benzene rings is 3. The fourth-order valence-electron chi connectivity index (χ4n) is 3.34. The lowest BCUT2D eigenvalue weighted by Crippen LogP contribution is -2.13. The number of rotatable bonds is 4. The van der Waals surface area contributed by atoms with Crippen LogP contribution in [0.5, 0.6) is 0 Å². The van der Waals surface area contributed by atoms with Crippen LogP contribution in [-0.2, 0) is 0 Å². The van der Waals surface area contributed by atoms with E-state index in [0.717, 1.165) is 16.6 Å². The molecule has 0 spiro atoms. The smallest absolute Gasteiger partial charge is 0.256 e. The van der Waals surface area contributed by atoms with Crippen LogP contribution >= 0.6 is 0 Å². The van der Waals surface area contributed by atoms with Crippen LogP contribution in [0.4, 0.5) is 10.1 Å². The molecule has 5 aromatic rings. The molecule has 0 unspecified atom stereocenters. The van der Waals surface area contributed by atoms with Crippen molar-refractivity contribution in [2.45, 2.75) is 0 Å². The predicted molar refractivity (Wildman–Crippen MR) is 114 cm³/mol. The molecule has 0 atom stereocenters. The van der Waals surface area contributed by atoms with Crippen molar-refractivity contribution < 1.29 is 9.18 Å². The molecular weight excluding hydrogens is 395 g/mol. The third-order valence-corrected chi connectivity index (χ3v) is 4.82. The van der Waals surface area contributed by atoms with E-state index in [4.69, 9.17) is 0 Å². The molecule has 8 heteroatoms. The van der Waals surface area contributed by atoms with Crippen molar-refractivity contribution in [3.8, 4) is 16.9 Å². The Morgan fingerprint density at radius 1 is 0.935 bits per heavy atom. The normalized spacial score (nSPS) is 10.9. The second kappa shape index (κ2) is 7.75. The molecule has 0 saturated heterocycles. The number of fused-ring (bicyclic) bond motifs is 1. The van der Waals surface area contributed by atoms with Crippen LogP contribution in [0.3, 0.4) is 0 Å². The zero-order chi connectivity index (χ0) is 21.2. The summed E-state index contributed by atoms with van der Waals surface area (Å²) in [7, 11) is 0. The predicted octanol–water partition coefficient (Wildman–Crippen LogP) is 4.27. The Labute approximate surface area is 176 Å². The summed E-state index contributed by atoms with van der Waals surface area (Å²) in [5, 5.41) is 14.8. The van der Waals surface area contributed by atoms with E-state index in [1.165, 1.54) is 23.1 Å². The molecule has 150 valence electrons. The zero-order valence-corrected chi connectivity index (χ0v) is 16.1. The lowest BCUT2D eigenvalue weighted by molar-refractivity contribution is 0.102. The highest BCUT2D eigenvalue weighted by molar-refractivity contribution is 6.13. The summed E-state index contributed by atoms with van der Waals surface area (Å²) in [6.07, 6.45) is 1.48. The maximum atomic E-state index is 13.3. The molecule has 2 heterocycles. The molecule has 2 aromatic heterocycles. The summed E-state index contributed by atoms with van der Waals surface area (Å²) in [5.74, 6) is -0.610. The number of anilines is 1. The van der Waals surface area contributed by atoms with E-state index in [1.807, 2.05) is 30.3 Å².